The highest BCUT2D eigenvalue weighted by Crippen LogP contribution is 2.45. The predicted octanol–water partition coefficient (Wildman–Crippen LogP) is 2.16. The molecule has 0 spiro atoms. The van der Waals surface area contributed by atoms with Gasteiger partial charge in [-0.3, -0.25) is 4.40 Å². The summed E-state index contributed by atoms with van der Waals surface area (Å²) in [7, 11) is -3.12. The number of hydrogen-bond donors (Lipinski definition) is 1. The molecule has 1 N–H and O–H groups in total. The maximum absolute atomic E-state index is 12.6. The summed E-state index contributed by atoms with van der Waals surface area (Å²) in [5, 5.41) is 8.82. The zero-order valence-electron chi connectivity index (χ0n) is 15.4. The molecule has 0 amide bonds. The van der Waals surface area contributed by atoms with Crippen molar-refractivity contribution in [2.24, 2.45) is 11.8 Å². The smallest absolute Gasteiger partial charge is 0.214 e. The minimum absolute atomic E-state index is 0.182. The van der Waals surface area contributed by atoms with Crippen LogP contribution in [0.5, 0.6) is 0 Å². The molecule has 3 atom stereocenters. The molecule has 27 heavy (non-hydrogen) atoms. The Morgan fingerprint density at radius 3 is 2.85 bits per heavy atom. The van der Waals surface area contributed by atoms with E-state index in [2.05, 4.69) is 31.5 Å². The van der Waals surface area contributed by atoms with E-state index in [1.54, 1.807) is 10.5 Å². The van der Waals surface area contributed by atoms with Gasteiger partial charge in [0, 0.05) is 25.2 Å². The Bertz CT molecular complexity index is 1080. The van der Waals surface area contributed by atoms with E-state index in [1.165, 1.54) is 0 Å². The summed E-state index contributed by atoms with van der Waals surface area (Å²) in [5.41, 5.74) is 2.52. The summed E-state index contributed by atoms with van der Waals surface area (Å²) in [5.74, 6) is 2.03. The van der Waals surface area contributed by atoms with Gasteiger partial charge in [-0.15, -0.1) is 10.2 Å². The van der Waals surface area contributed by atoms with E-state index in [-0.39, 0.29) is 17.6 Å². The molecule has 1 aliphatic heterocycles. The van der Waals surface area contributed by atoms with Crippen LogP contribution in [0.1, 0.15) is 44.3 Å². The SMILES string of the molecule is CC[C@@H]1C[C@H](CS(=O)(=O)N2CCC2)C[C@H]1c1nnc2cnc3[nH]ccc3n12. The zero-order valence-corrected chi connectivity index (χ0v) is 16.2. The molecule has 5 rings (SSSR count). The Kier molecular flexibility index (Phi) is 3.98. The van der Waals surface area contributed by atoms with Crippen molar-refractivity contribution in [3.05, 3.63) is 24.3 Å². The maximum atomic E-state index is 12.6. The van der Waals surface area contributed by atoms with Gasteiger partial charge in [0.05, 0.1) is 17.5 Å². The van der Waals surface area contributed by atoms with E-state index in [0.29, 0.717) is 19.0 Å². The molecule has 2 aliphatic rings. The lowest BCUT2D eigenvalue weighted by molar-refractivity contribution is 0.306. The first-order valence-electron chi connectivity index (χ1n) is 9.71. The van der Waals surface area contributed by atoms with Crippen molar-refractivity contribution in [1.82, 2.24) is 28.9 Å². The molecule has 0 aromatic carbocycles. The fourth-order valence-electron chi connectivity index (χ4n) is 4.75. The predicted molar refractivity (Wildman–Crippen MR) is 102 cm³/mol. The van der Waals surface area contributed by atoms with Crippen LogP contribution in [0.25, 0.3) is 16.8 Å². The molecule has 1 saturated carbocycles. The van der Waals surface area contributed by atoms with Gasteiger partial charge in [0.25, 0.3) is 0 Å². The van der Waals surface area contributed by atoms with Gasteiger partial charge in [-0.25, -0.2) is 17.7 Å². The van der Waals surface area contributed by atoms with Crippen LogP contribution >= 0.6 is 0 Å². The van der Waals surface area contributed by atoms with Crippen molar-refractivity contribution in [2.75, 3.05) is 18.8 Å². The molecule has 1 aliphatic carbocycles. The van der Waals surface area contributed by atoms with Gasteiger partial charge in [0.15, 0.2) is 11.3 Å². The van der Waals surface area contributed by atoms with Gasteiger partial charge >= 0.3 is 0 Å². The third kappa shape index (κ3) is 2.75. The summed E-state index contributed by atoms with van der Waals surface area (Å²) >= 11 is 0. The van der Waals surface area contributed by atoms with E-state index in [9.17, 15) is 8.42 Å². The van der Waals surface area contributed by atoms with Crippen LogP contribution in [-0.4, -0.2) is 56.1 Å². The Hall–Kier alpha value is -2.00. The van der Waals surface area contributed by atoms with Gasteiger partial charge in [0.1, 0.15) is 5.82 Å². The normalized spacial score (nSPS) is 26.8. The minimum Gasteiger partial charge on any atom is -0.345 e. The van der Waals surface area contributed by atoms with Crippen LogP contribution in [0.4, 0.5) is 0 Å². The van der Waals surface area contributed by atoms with E-state index >= 15 is 0 Å². The van der Waals surface area contributed by atoms with Crippen molar-refractivity contribution in [1.29, 1.82) is 0 Å². The van der Waals surface area contributed by atoms with Crippen LogP contribution in [0.3, 0.4) is 0 Å². The van der Waals surface area contributed by atoms with Crippen molar-refractivity contribution in [3.63, 3.8) is 0 Å². The van der Waals surface area contributed by atoms with Crippen LogP contribution < -0.4 is 0 Å². The highest BCUT2D eigenvalue weighted by Gasteiger charge is 2.40. The number of fused-ring (bicyclic) bond motifs is 3. The van der Waals surface area contributed by atoms with E-state index in [4.69, 9.17) is 0 Å². The number of sulfonamides is 1. The van der Waals surface area contributed by atoms with E-state index in [0.717, 1.165) is 48.3 Å². The monoisotopic (exact) mass is 388 g/mol. The highest BCUT2D eigenvalue weighted by molar-refractivity contribution is 7.89. The number of nitrogens with zero attached hydrogens (tertiary/aromatic N) is 5. The van der Waals surface area contributed by atoms with Gasteiger partial charge < -0.3 is 4.98 Å². The van der Waals surface area contributed by atoms with Gasteiger partial charge in [-0.05, 0) is 37.2 Å². The average Bonchev–Trinajstić information content (AvgIpc) is 3.28. The van der Waals surface area contributed by atoms with Crippen molar-refractivity contribution in [2.45, 2.75) is 38.5 Å². The molecule has 4 heterocycles. The topological polar surface area (TPSA) is 96.2 Å². The first-order chi connectivity index (χ1) is 13.1. The summed E-state index contributed by atoms with van der Waals surface area (Å²) in [4.78, 5) is 7.52. The summed E-state index contributed by atoms with van der Waals surface area (Å²) in [6.07, 6.45) is 7.38. The van der Waals surface area contributed by atoms with Crippen LogP contribution in [0, 0.1) is 11.8 Å². The molecule has 9 heteroatoms. The lowest BCUT2D eigenvalue weighted by Gasteiger charge is -2.30. The van der Waals surface area contributed by atoms with E-state index in [1.807, 2.05) is 12.3 Å². The first-order valence-corrected chi connectivity index (χ1v) is 11.3. The Balaban J connectivity index is 1.47. The molecule has 1 saturated heterocycles. The summed E-state index contributed by atoms with van der Waals surface area (Å²) < 4.78 is 28.9. The second kappa shape index (κ2) is 6.27. The van der Waals surface area contributed by atoms with Gasteiger partial charge in [-0.1, -0.05) is 13.3 Å². The van der Waals surface area contributed by atoms with Crippen LogP contribution in [-0.2, 0) is 10.0 Å². The van der Waals surface area contributed by atoms with Crippen LogP contribution in [0.2, 0.25) is 0 Å². The summed E-state index contributed by atoms with van der Waals surface area (Å²) in [6.45, 7) is 3.55. The number of aromatic amines is 1. The number of hydrogen-bond acceptors (Lipinski definition) is 5. The van der Waals surface area contributed by atoms with E-state index < -0.39 is 10.0 Å². The summed E-state index contributed by atoms with van der Waals surface area (Å²) in [6, 6.07) is 1.99. The lowest BCUT2D eigenvalue weighted by Crippen LogP contribution is -2.44. The fourth-order valence-corrected chi connectivity index (χ4v) is 6.64. The molecule has 8 nitrogen and oxygen atoms in total. The Morgan fingerprint density at radius 1 is 1.26 bits per heavy atom. The zero-order chi connectivity index (χ0) is 18.6. The highest BCUT2D eigenvalue weighted by atomic mass is 32.2. The number of aromatic nitrogens is 5. The Morgan fingerprint density at radius 2 is 2.11 bits per heavy atom. The third-order valence-corrected chi connectivity index (χ3v) is 8.31. The van der Waals surface area contributed by atoms with Gasteiger partial charge in [-0.2, -0.15) is 0 Å². The van der Waals surface area contributed by atoms with Crippen molar-refractivity contribution < 1.29 is 8.42 Å². The maximum Gasteiger partial charge on any atom is 0.214 e. The molecule has 0 unspecified atom stereocenters. The number of nitrogens with one attached hydrogen (secondary N) is 1. The fraction of sp³-hybridized carbons (Fsp3) is 0.611. The lowest BCUT2D eigenvalue weighted by atomic mass is 9.93. The molecule has 3 aromatic heterocycles. The quantitative estimate of drug-likeness (QED) is 0.722. The second-order valence-electron chi connectivity index (χ2n) is 7.86. The van der Waals surface area contributed by atoms with Crippen molar-refractivity contribution >= 4 is 26.8 Å². The number of H-pyrrole nitrogens is 1. The Labute approximate surface area is 158 Å². The average molecular weight is 388 g/mol. The third-order valence-electron chi connectivity index (χ3n) is 6.27. The molecule has 2 fully saturated rings. The molecule has 0 radical (unpaired) electrons. The molecule has 144 valence electrons. The molecular weight excluding hydrogens is 364 g/mol. The number of rotatable bonds is 5. The molecular formula is C18H24N6O2S. The van der Waals surface area contributed by atoms with Gasteiger partial charge in [0.2, 0.25) is 10.0 Å². The second-order valence-corrected chi connectivity index (χ2v) is 9.88. The largest absolute Gasteiger partial charge is 0.345 e. The molecule has 3 aromatic rings. The first kappa shape index (κ1) is 17.1. The van der Waals surface area contributed by atoms with Crippen LogP contribution in [0.15, 0.2) is 18.5 Å². The minimum atomic E-state index is -3.12. The van der Waals surface area contributed by atoms with Crippen molar-refractivity contribution in [3.8, 4) is 0 Å². The molecule has 0 bridgehead atoms. The standard InChI is InChI=1S/C18H24N6O2S/c1-2-13-8-12(11-27(25,26)23-6-3-7-23)9-14(13)18-22-21-16-10-20-17-15(24(16)18)4-5-19-17/h4-5,10,12-14,19H,2-3,6-9,11H2,1H3/t12-,13+,14+/m0/s1.